The van der Waals surface area contributed by atoms with Crippen molar-refractivity contribution in [3.8, 4) is 12.8 Å². The Morgan fingerprint density at radius 2 is 1.74 bits per heavy atom. The van der Waals surface area contributed by atoms with E-state index in [0.717, 1.165) is 19.5 Å². The molecule has 1 saturated heterocycles. The number of piperidine rings is 1. The van der Waals surface area contributed by atoms with E-state index in [-0.39, 0.29) is 17.1 Å². The van der Waals surface area contributed by atoms with Gasteiger partial charge in [-0.15, -0.1) is 12.8 Å². The highest BCUT2D eigenvalue weighted by Gasteiger charge is 2.38. The van der Waals surface area contributed by atoms with E-state index in [4.69, 9.17) is 5.73 Å². The molecule has 6 heteroatoms. The van der Waals surface area contributed by atoms with Crippen LogP contribution in [-0.2, 0) is 9.53 Å². The van der Waals surface area contributed by atoms with E-state index in [1.54, 1.807) is 20.8 Å². The molecule has 1 aromatic carbocycles. The SMILES string of the molecule is C#C.CC(C)(C)OC(N)=O.CC(C)CC(=O)N1CCC(c2ccc(F)cc2)C(C)(C)C1. The standard InChI is InChI=1S/C18H26FNO.C5H11NO2.C2H2/c1-13(2)11-17(21)20-10-9-16(18(3,4)12-20)14-5-7-15(19)8-6-14;1-5(2,3)8-4(6)7;1-2/h5-8,13,16H,9-12H2,1-4H3;1-3H3,(H2,6,7);1-2H. The maximum atomic E-state index is 13.1. The molecule has 0 aromatic heterocycles. The van der Waals surface area contributed by atoms with Gasteiger partial charge >= 0.3 is 6.09 Å². The third kappa shape index (κ3) is 10.9. The zero-order valence-electron chi connectivity index (χ0n) is 20.1. The predicted octanol–water partition coefficient (Wildman–Crippen LogP) is 5.34. The van der Waals surface area contributed by atoms with Crippen LogP contribution in [0.5, 0.6) is 0 Å². The van der Waals surface area contributed by atoms with Gasteiger partial charge in [-0.25, -0.2) is 9.18 Å². The van der Waals surface area contributed by atoms with Gasteiger partial charge in [0.1, 0.15) is 11.4 Å². The van der Waals surface area contributed by atoms with Gasteiger partial charge in [-0.3, -0.25) is 4.79 Å². The number of hydrogen-bond acceptors (Lipinski definition) is 3. The van der Waals surface area contributed by atoms with Crippen LogP contribution in [0.2, 0.25) is 0 Å². The molecule has 2 amide bonds. The van der Waals surface area contributed by atoms with E-state index in [1.807, 2.05) is 17.0 Å². The molecule has 2 rings (SSSR count). The van der Waals surface area contributed by atoms with Gasteiger partial charge in [-0.05, 0) is 62.1 Å². The largest absolute Gasteiger partial charge is 0.444 e. The molecule has 31 heavy (non-hydrogen) atoms. The molecule has 1 aliphatic heterocycles. The first-order valence-electron chi connectivity index (χ1n) is 10.6. The number of benzene rings is 1. The van der Waals surface area contributed by atoms with Crippen molar-refractivity contribution in [2.24, 2.45) is 17.1 Å². The quantitative estimate of drug-likeness (QED) is 0.652. The minimum absolute atomic E-state index is 0.0166. The average molecular weight is 435 g/mol. The van der Waals surface area contributed by atoms with Crippen LogP contribution in [0.4, 0.5) is 9.18 Å². The molecule has 1 fully saturated rings. The van der Waals surface area contributed by atoms with Crippen LogP contribution in [-0.4, -0.2) is 35.6 Å². The summed E-state index contributed by atoms with van der Waals surface area (Å²) in [6.45, 7) is 15.4. The summed E-state index contributed by atoms with van der Waals surface area (Å²) in [5.41, 5.74) is 5.46. The van der Waals surface area contributed by atoms with Gasteiger partial charge in [0.2, 0.25) is 5.91 Å². The smallest absolute Gasteiger partial charge is 0.405 e. The minimum Gasteiger partial charge on any atom is -0.444 e. The highest BCUT2D eigenvalue weighted by molar-refractivity contribution is 5.76. The Bertz CT molecular complexity index is 719. The lowest BCUT2D eigenvalue weighted by Crippen LogP contribution is -2.47. The molecular weight excluding hydrogens is 395 g/mol. The van der Waals surface area contributed by atoms with E-state index >= 15 is 0 Å². The van der Waals surface area contributed by atoms with Crippen LogP contribution < -0.4 is 5.73 Å². The summed E-state index contributed by atoms with van der Waals surface area (Å²) in [4.78, 5) is 24.3. The van der Waals surface area contributed by atoms with Crippen LogP contribution in [0.15, 0.2) is 24.3 Å². The number of primary amides is 1. The Balaban J connectivity index is 0.000000762. The molecule has 1 aliphatic rings. The number of nitrogens with two attached hydrogens (primary N) is 1. The first kappa shape index (κ1) is 28.5. The first-order valence-corrected chi connectivity index (χ1v) is 10.6. The monoisotopic (exact) mass is 434 g/mol. The zero-order valence-corrected chi connectivity index (χ0v) is 20.1. The number of rotatable bonds is 3. The van der Waals surface area contributed by atoms with E-state index in [1.165, 1.54) is 17.7 Å². The van der Waals surface area contributed by atoms with Crippen molar-refractivity contribution >= 4 is 12.0 Å². The van der Waals surface area contributed by atoms with Crippen LogP contribution in [0.3, 0.4) is 0 Å². The Hall–Kier alpha value is -2.55. The molecule has 0 aliphatic carbocycles. The lowest BCUT2D eigenvalue weighted by atomic mass is 9.70. The van der Waals surface area contributed by atoms with E-state index in [0.29, 0.717) is 18.3 Å². The van der Waals surface area contributed by atoms with Gasteiger partial charge in [0.05, 0.1) is 0 Å². The van der Waals surface area contributed by atoms with Crippen LogP contribution >= 0.6 is 0 Å². The fourth-order valence-electron chi connectivity index (χ4n) is 3.66. The summed E-state index contributed by atoms with van der Waals surface area (Å²) in [5.74, 6) is 0.841. The molecule has 0 radical (unpaired) electrons. The van der Waals surface area contributed by atoms with E-state index < -0.39 is 11.7 Å². The molecule has 0 bridgehead atoms. The topological polar surface area (TPSA) is 72.6 Å². The third-order valence-corrected chi connectivity index (χ3v) is 4.84. The van der Waals surface area contributed by atoms with Gasteiger partial charge < -0.3 is 15.4 Å². The number of nitrogens with zero attached hydrogens (tertiary/aromatic N) is 1. The molecule has 0 spiro atoms. The second-order valence-corrected chi connectivity index (χ2v) is 9.83. The van der Waals surface area contributed by atoms with Gasteiger partial charge in [-0.1, -0.05) is 39.8 Å². The van der Waals surface area contributed by atoms with Crippen molar-refractivity contribution in [1.82, 2.24) is 4.90 Å². The van der Waals surface area contributed by atoms with Crippen LogP contribution in [0.1, 0.15) is 72.8 Å². The Morgan fingerprint density at radius 1 is 1.23 bits per heavy atom. The summed E-state index contributed by atoms with van der Waals surface area (Å²) in [5, 5.41) is 0. The van der Waals surface area contributed by atoms with Crippen molar-refractivity contribution in [2.45, 2.75) is 72.8 Å². The van der Waals surface area contributed by atoms with Gasteiger partial charge in [0.25, 0.3) is 0 Å². The summed E-state index contributed by atoms with van der Waals surface area (Å²) in [6, 6.07) is 6.82. The number of likely N-dealkylation sites (tertiary alicyclic amines) is 1. The van der Waals surface area contributed by atoms with Crippen molar-refractivity contribution in [3.63, 3.8) is 0 Å². The summed E-state index contributed by atoms with van der Waals surface area (Å²) >= 11 is 0. The van der Waals surface area contributed by atoms with Crippen LogP contribution in [0.25, 0.3) is 0 Å². The van der Waals surface area contributed by atoms with E-state index in [9.17, 15) is 14.0 Å². The Kier molecular flexibility index (Phi) is 11.3. The van der Waals surface area contributed by atoms with Gasteiger partial charge in [0, 0.05) is 19.5 Å². The molecule has 0 saturated carbocycles. The molecular formula is C25H39FN2O3. The number of terminal acetylenes is 1. The fourth-order valence-corrected chi connectivity index (χ4v) is 3.66. The van der Waals surface area contributed by atoms with Crippen molar-refractivity contribution in [3.05, 3.63) is 35.6 Å². The molecule has 1 aromatic rings. The number of halogens is 1. The fraction of sp³-hybridized carbons (Fsp3) is 0.600. The second kappa shape index (κ2) is 12.3. The number of ether oxygens (including phenoxy) is 1. The molecule has 174 valence electrons. The number of carbonyl (C=O) groups excluding carboxylic acids is 2. The summed E-state index contributed by atoms with van der Waals surface area (Å²) < 4.78 is 17.7. The molecule has 2 N–H and O–H groups in total. The maximum absolute atomic E-state index is 13.1. The third-order valence-electron chi connectivity index (χ3n) is 4.84. The van der Waals surface area contributed by atoms with Gasteiger partial charge in [-0.2, -0.15) is 0 Å². The first-order chi connectivity index (χ1) is 14.2. The molecule has 5 nitrogen and oxygen atoms in total. The van der Waals surface area contributed by atoms with E-state index in [2.05, 4.69) is 45.3 Å². The number of amides is 2. The normalized spacial score (nSPS) is 17.5. The summed E-state index contributed by atoms with van der Waals surface area (Å²) in [6.07, 6.45) is 8.84. The maximum Gasteiger partial charge on any atom is 0.405 e. The zero-order chi connectivity index (χ0) is 24.4. The molecule has 1 atom stereocenters. The second-order valence-electron chi connectivity index (χ2n) is 9.83. The number of carbonyl (C=O) groups is 2. The predicted molar refractivity (Wildman–Crippen MR) is 124 cm³/mol. The van der Waals surface area contributed by atoms with Crippen molar-refractivity contribution in [2.75, 3.05) is 13.1 Å². The Morgan fingerprint density at radius 3 is 2.10 bits per heavy atom. The highest BCUT2D eigenvalue weighted by Crippen LogP contribution is 2.42. The van der Waals surface area contributed by atoms with Crippen molar-refractivity contribution < 1.29 is 18.7 Å². The lowest BCUT2D eigenvalue weighted by molar-refractivity contribution is -0.135. The average Bonchev–Trinajstić information content (AvgIpc) is 2.61. The molecule has 1 unspecified atom stereocenters. The molecule has 1 heterocycles. The highest BCUT2D eigenvalue weighted by atomic mass is 19.1. The Labute approximate surface area is 187 Å². The van der Waals surface area contributed by atoms with Crippen LogP contribution in [0, 0.1) is 30.0 Å². The van der Waals surface area contributed by atoms with Gasteiger partial charge in [0.15, 0.2) is 0 Å². The minimum atomic E-state index is -0.725. The summed E-state index contributed by atoms with van der Waals surface area (Å²) in [7, 11) is 0. The number of hydrogen-bond donors (Lipinski definition) is 1. The lowest BCUT2D eigenvalue weighted by Gasteiger charge is -2.45. The van der Waals surface area contributed by atoms with Crippen molar-refractivity contribution in [1.29, 1.82) is 0 Å².